The van der Waals surface area contributed by atoms with Gasteiger partial charge in [0.05, 0.1) is 10.6 Å². The van der Waals surface area contributed by atoms with Crippen LogP contribution in [-0.4, -0.2) is 17.3 Å². The second-order valence-corrected chi connectivity index (χ2v) is 5.16. The van der Waals surface area contributed by atoms with Gasteiger partial charge in [0, 0.05) is 11.4 Å². The van der Waals surface area contributed by atoms with E-state index < -0.39 is 17.3 Å². The molecule has 0 saturated heterocycles. The number of halogens is 3. The van der Waals surface area contributed by atoms with Gasteiger partial charge in [0.25, 0.3) is 5.91 Å². The lowest BCUT2D eigenvalue weighted by molar-refractivity contribution is 0.0907. The van der Waals surface area contributed by atoms with Crippen LogP contribution in [0, 0.1) is 5.82 Å². The lowest BCUT2D eigenvalue weighted by Gasteiger charge is -2.25. The molecule has 0 heterocycles. The first-order valence-electron chi connectivity index (χ1n) is 5.20. The average molecular weight is 278 g/mol. The van der Waals surface area contributed by atoms with Crippen molar-refractivity contribution < 1.29 is 9.18 Å². The van der Waals surface area contributed by atoms with Gasteiger partial charge >= 0.3 is 0 Å². The Hall–Kier alpha value is -0.800. The van der Waals surface area contributed by atoms with E-state index in [2.05, 4.69) is 5.32 Å². The van der Waals surface area contributed by atoms with Crippen LogP contribution < -0.4 is 5.32 Å². The minimum absolute atomic E-state index is 0.101. The van der Waals surface area contributed by atoms with Gasteiger partial charge in [-0.15, -0.1) is 11.6 Å². The lowest BCUT2D eigenvalue weighted by Crippen LogP contribution is -2.44. The van der Waals surface area contributed by atoms with Crippen molar-refractivity contribution in [3.63, 3.8) is 0 Å². The highest BCUT2D eigenvalue weighted by atomic mass is 35.5. The SMILES string of the molecule is CC(C)(CCCl)NC(=O)c1c(F)cccc1Cl. The molecule has 0 fully saturated rings. The van der Waals surface area contributed by atoms with E-state index in [1.165, 1.54) is 18.2 Å². The number of alkyl halides is 1. The van der Waals surface area contributed by atoms with Crippen molar-refractivity contribution in [3.05, 3.63) is 34.6 Å². The maximum Gasteiger partial charge on any atom is 0.256 e. The molecule has 0 bridgehead atoms. The van der Waals surface area contributed by atoms with E-state index in [9.17, 15) is 9.18 Å². The largest absolute Gasteiger partial charge is 0.347 e. The molecule has 0 saturated carbocycles. The minimum Gasteiger partial charge on any atom is -0.347 e. The van der Waals surface area contributed by atoms with Crippen molar-refractivity contribution in [2.45, 2.75) is 25.8 Å². The molecule has 1 rings (SSSR count). The summed E-state index contributed by atoms with van der Waals surface area (Å²) in [6.45, 7) is 3.64. The zero-order valence-electron chi connectivity index (χ0n) is 9.69. The molecule has 0 aliphatic rings. The van der Waals surface area contributed by atoms with Crippen LogP contribution in [0.4, 0.5) is 4.39 Å². The third-order valence-corrected chi connectivity index (χ3v) is 2.87. The van der Waals surface area contributed by atoms with Gasteiger partial charge in [-0.05, 0) is 32.4 Å². The summed E-state index contributed by atoms with van der Waals surface area (Å²) >= 11 is 11.4. The predicted molar refractivity (Wildman–Crippen MR) is 68.3 cm³/mol. The maximum atomic E-state index is 13.5. The Morgan fingerprint density at radius 1 is 1.47 bits per heavy atom. The first-order valence-corrected chi connectivity index (χ1v) is 6.11. The molecule has 0 aliphatic carbocycles. The van der Waals surface area contributed by atoms with Crippen LogP contribution in [0.15, 0.2) is 18.2 Å². The maximum absolute atomic E-state index is 13.5. The van der Waals surface area contributed by atoms with Gasteiger partial charge in [-0.2, -0.15) is 0 Å². The molecule has 0 unspecified atom stereocenters. The Morgan fingerprint density at radius 3 is 2.65 bits per heavy atom. The van der Waals surface area contributed by atoms with E-state index in [4.69, 9.17) is 23.2 Å². The molecule has 94 valence electrons. The van der Waals surface area contributed by atoms with Gasteiger partial charge in [0.2, 0.25) is 0 Å². The predicted octanol–water partition coefficient (Wildman–Crippen LogP) is 3.62. The van der Waals surface area contributed by atoms with Crippen molar-refractivity contribution in [2.75, 3.05) is 5.88 Å². The summed E-state index contributed by atoms with van der Waals surface area (Å²) in [4.78, 5) is 11.9. The molecule has 5 heteroatoms. The summed E-state index contributed by atoms with van der Waals surface area (Å²) < 4.78 is 13.5. The summed E-state index contributed by atoms with van der Waals surface area (Å²) in [5.74, 6) is -0.738. The zero-order chi connectivity index (χ0) is 13.1. The highest BCUT2D eigenvalue weighted by molar-refractivity contribution is 6.33. The molecule has 1 amide bonds. The number of carbonyl (C=O) groups is 1. The van der Waals surface area contributed by atoms with Gasteiger partial charge in [0.15, 0.2) is 0 Å². The van der Waals surface area contributed by atoms with Crippen LogP contribution in [0.5, 0.6) is 0 Å². The topological polar surface area (TPSA) is 29.1 Å². The second-order valence-electron chi connectivity index (χ2n) is 4.37. The van der Waals surface area contributed by atoms with Crippen molar-refractivity contribution in [1.82, 2.24) is 5.32 Å². The van der Waals surface area contributed by atoms with Crippen LogP contribution in [0.1, 0.15) is 30.6 Å². The highest BCUT2D eigenvalue weighted by Crippen LogP contribution is 2.20. The first-order chi connectivity index (χ1) is 7.87. The number of rotatable bonds is 4. The second kappa shape index (κ2) is 5.69. The van der Waals surface area contributed by atoms with Gasteiger partial charge in [-0.3, -0.25) is 4.79 Å². The van der Waals surface area contributed by atoms with Gasteiger partial charge in [-0.1, -0.05) is 17.7 Å². The molecule has 0 atom stereocenters. The van der Waals surface area contributed by atoms with E-state index >= 15 is 0 Å². The molecule has 1 aromatic rings. The van der Waals surface area contributed by atoms with E-state index in [0.29, 0.717) is 12.3 Å². The Kier molecular flexibility index (Phi) is 4.78. The average Bonchev–Trinajstić information content (AvgIpc) is 2.15. The molecule has 0 aliphatic heterocycles. The summed E-state index contributed by atoms with van der Waals surface area (Å²) in [5, 5.41) is 2.81. The number of amides is 1. The summed E-state index contributed by atoms with van der Waals surface area (Å²) in [6.07, 6.45) is 0.590. The molecule has 0 radical (unpaired) electrons. The van der Waals surface area contributed by atoms with Crippen LogP contribution in [0.25, 0.3) is 0 Å². The third-order valence-electron chi connectivity index (χ3n) is 2.36. The van der Waals surface area contributed by atoms with E-state index in [-0.39, 0.29) is 10.6 Å². The zero-order valence-corrected chi connectivity index (χ0v) is 11.2. The van der Waals surface area contributed by atoms with Crippen LogP contribution >= 0.6 is 23.2 Å². The van der Waals surface area contributed by atoms with Crippen molar-refractivity contribution in [1.29, 1.82) is 0 Å². The quantitative estimate of drug-likeness (QED) is 0.837. The molecule has 0 spiro atoms. The number of hydrogen-bond acceptors (Lipinski definition) is 1. The van der Waals surface area contributed by atoms with Crippen molar-refractivity contribution >= 4 is 29.1 Å². The van der Waals surface area contributed by atoms with Gasteiger partial charge in [0.1, 0.15) is 5.82 Å². The smallest absolute Gasteiger partial charge is 0.256 e. The fourth-order valence-corrected chi connectivity index (χ4v) is 2.10. The third kappa shape index (κ3) is 3.86. The number of nitrogens with one attached hydrogen (secondary N) is 1. The summed E-state index contributed by atoms with van der Waals surface area (Å²) in [5.41, 5.74) is -0.624. The highest BCUT2D eigenvalue weighted by Gasteiger charge is 2.23. The molecule has 1 aromatic carbocycles. The Labute approximate surface area is 110 Å². The molecule has 0 aromatic heterocycles. The molecule has 1 N–H and O–H groups in total. The summed E-state index contributed by atoms with van der Waals surface area (Å²) in [6, 6.07) is 4.14. The fraction of sp³-hybridized carbons (Fsp3) is 0.417. The first kappa shape index (κ1) is 14.3. The number of carbonyl (C=O) groups excluding carboxylic acids is 1. The van der Waals surface area contributed by atoms with Crippen molar-refractivity contribution in [3.8, 4) is 0 Å². The minimum atomic E-state index is -0.628. The Balaban J connectivity index is 2.91. The monoisotopic (exact) mass is 277 g/mol. The standard InChI is InChI=1S/C12H14Cl2FNO/c1-12(2,6-7-13)16-11(17)10-8(14)4-3-5-9(10)15/h3-5H,6-7H2,1-2H3,(H,16,17). The number of hydrogen-bond donors (Lipinski definition) is 1. The van der Waals surface area contributed by atoms with E-state index in [1.807, 2.05) is 13.8 Å². The Morgan fingerprint density at radius 2 is 2.12 bits per heavy atom. The molecule has 17 heavy (non-hydrogen) atoms. The molecular formula is C12H14Cl2FNO. The molecule has 2 nitrogen and oxygen atoms in total. The molecular weight excluding hydrogens is 264 g/mol. The summed E-state index contributed by atoms with van der Waals surface area (Å²) in [7, 11) is 0. The van der Waals surface area contributed by atoms with Gasteiger partial charge < -0.3 is 5.32 Å². The normalized spacial score (nSPS) is 11.4. The van der Waals surface area contributed by atoms with Crippen LogP contribution in [0.3, 0.4) is 0 Å². The van der Waals surface area contributed by atoms with Crippen LogP contribution in [-0.2, 0) is 0 Å². The lowest BCUT2D eigenvalue weighted by atomic mass is 10.0. The van der Waals surface area contributed by atoms with E-state index in [1.54, 1.807) is 0 Å². The fourth-order valence-electron chi connectivity index (χ4n) is 1.38. The number of benzene rings is 1. The van der Waals surface area contributed by atoms with E-state index in [0.717, 1.165) is 0 Å². The van der Waals surface area contributed by atoms with Crippen molar-refractivity contribution in [2.24, 2.45) is 0 Å². The Bertz CT molecular complexity index is 401. The van der Waals surface area contributed by atoms with Crippen LogP contribution in [0.2, 0.25) is 5.02 Å². The van der Waals surface area contributed by atoms with Gasteiger partial charge in [-0.25, -0.2) is 4.39 Å².